The number of carbonyl (C=O) groups excluding carboxylic acids is 2. The SMILES string of the molecule is COCC(N)C(=O)NCc1cccc(NC(=O)c2ccc(C)cc2)c1.Cl. The zero-order chi connectivity index (χ0) is 18.2. The molecule has 0 heterocycles. The number of amides is 2. The lowest BCUT2D eigenvalue weighted by atomic mass is 10.1. The topological polar surface area (TPSA) is 93.4 Å². The lowest BCUT2D eigenvalue weighted by Crippen LogP contribution is -2.43. The number of ether oxygens (including phenoxy) is 1. The first-order valence-corrected chi connectivity index (χ1v) is 7.99. The maximum absolute atomic E-state index is 12.3. The molecule has 4 N–H and O–H groups in total. The van der Waals surface area contributed by atoms with E-state index in [0.29, 0.717) is 17.8 Å². The Bertz CT molecular complexity index is 735. The molecule has 1 unspecified atom stereocenters. The second kappa shape index (κ2) is 10.6. The number of nitrogens with two attached hydrogens (primary N) is 1. The number of hydrogen-bond acceptors (Lipinski definition) is 4. The van der Waals surface area contributed by atoms with E-state index in [2.05, 4.69) is 10.6 Å². The van der Waals surface area contributed by atoms with Crippen molar-refractivity contribution < 1.29 is 14.3 Å². The molecule has 0 bridgehead atoms. The summed E-state index contributed by atoms with van der Waals surface area (Å²) in [7, 11) is 1.49. The minimum atomic E-state index is -0.700. The smallest absolute Gasteiger partial charge is 0.255 e. The summed E-state index contributed by atoms with van der Waals surface area (Å²) >= 11 is 0. The summed E-state index contributed by atoms with van der Waals surface area (Å²) < 4.78 is 4.86. The molecule has 26 heavy (non-hydrogen) atoms. The molecule has 6 nitrogen and oxygen atoms in total. The van der Waals surface area contributed by atoms with Gasteiger partial charge in [0, 0.05) is 24.9 Å². The second-order valence-corrected chi connectivity index (χ2v) is 5.80. The fourth-order valence-electron chi connectivity index (χ4n) is 2.24. The van der Waals surface area contributed by atoms with E-state index >= 15 is 0 Å². The van der Waals surface area contributed by atoms with Crippen LogP contribution in [0.5, 0.6) is 0 Å². The number of hydrogen-bond donors (Lipinski definition) is 3. The predicted molar refractivity (Wildman–Crippen MR) is 105 cm³/mol. The molecule has 0 aliphatic carbocycles. The highest BCUT2D eigenvalue weighted by Crippen LogP contribution is 2.13. The molecule has 2 amide bonds. The van der Waals surface area contributed by atoms with Crippen molar-refractivity contribution >= 4 is 29.9 Å². The Morgan fingerprint density at radius 1 is 1.15 bits per heavy atom. The summed E-state index contributed by atoms with van der Waals surface area (Å²) in [5.74, 6) is -0.459. The molecular formula is C19H24ClN3O3. The van der Waals surface area contributed by atoms with Crippen LogP contribution in [0.2, 0.25) is 0 Å². The maximum atomic E-state index is 12.3. The van der Waals surface area contributed by atoms with Crippen LogP contribution < -0.4 is 16.4 Å². The van der Waals surface area contributed by atoms with Crippen LogP contribution in [-0.4, -0.2) is 31.6 Å². The van der Waals surface area contributed by atoms with Crippen molar-refractivity contribution in [1.82, 2.24) is 5.32 Å². The van der Waals surface area contributed by atoms with E-state index < -0.39 is 6.04 Å². The van der Waals surface area contributed by atoms with Gasteiger partial charge in [0.05, 0.1) is 6.61 Å². The molecule has 0 aromatic heterocycles. The van der Waals surface area contributed by atoms with Crippen molar-refractivity contribution in [2.24, 2.45) is 5.73 Å². The van der Waals surface area contributed by atoms with E-state index in [1.807, 2.05) is 37.3 Å². The minimum absolute atomic E-state index is 0. The molecule has 0 fully saturated rings. The molecule has 0 saturated carbocycles. The van der Waals surface area contributed by atoms with Crippen LogP contribution in [0.1, 0.15) is 21.5 Å². The number of methoxy groups -OCH3 is 1. The predicted octanol–water partition coefficient (Wildman–Crippen LogP) is 2.26. The number of carbonyl (C=O) groups is 2. The summed E-state index contributed by atoms with van der Waals surface area (Å²) in [4.78, 5) is 24.0. The first kappa shape index (κ1) is 21.6. The Morgan fingerprint density at radius 3 is 2.50 bits per heavy atom. The second-order valence-electron chi connectivity index (χ2n) is 5.80. The van der Waals surface area contributed by atoms with Gasteiger partial charge in [0.1, 0.15) is 6.04 Å². The van der Waals surface area contributed by atoms with Crippen LogP contribution in [0, 0.1) is 6.92 Å². The monoisotopic (exact) mass is 377 g/mol. The lowest BCUT2D eigenvalue weighted by molar-refractivity contribution is -0.123. The van der Waals surface area contributed by atoms with Crippen molar-refractivity contribution in [3.63, 3.8) is 0 Å². The summed E-state index contributed by atoms with van der Waals surface area (Å²) in [5, 5.41) is 5.60. The molecule has 0 aliphatic rings. The van der Waals surface area contributed by atoms with Gasteiger partial charge in [-0.05, 0) is 36.8 Å². The Labute approximate surface area is 159 Å². The molecule has 140 valence electrons. The van der Waals surface area contributed by atoms with Gasteiger partial charge in [0.2, 0.25) is 5.91 Å². The number of rotatable bonds is 7. The highest BCUT2D eigenvalue weighted by Gasteiger charge is 2.12. The summed E-state index contributed by atoms with van der Waals surface area (Å²) in [5.41, 5.74) is 8.89. The summed E-state index contributed by atoms with van der Waals surface area (Å²) in [6, 6.07) is 14.0. The van der Waals surface area contributed by atoms with Gasteiger partial charge in [-0.2, -0.15) is 0 Å². The van der Waals surface area contributed by atoms with Gasteiger partial charge >= 0.3 is 0 Å². The van der Waals surface area contributed by atoms with Crippen molar-refractivity contribution in [2.45, 2.75) is 19.5 Å². The number of halogens is 1. The molecular weight excluding hydrogens is 354 g/mol. The van der Waals surface area contributed by atoms with Crippen LogP contribution in [0.25, 0.3) is 0 Å². The van der Waals surface area contributed by atoms with E-state index in [1.54, 1.807) is 18.2 Å². The zero-order valence-electron chi connectivity index (χ0n) is 14.8. The van der Waals surface area contributed by atoms with Crippen molar-refractivity contribution in [3.8, 4) is 0 Å². The van der Waals surface area contributed by atoms with E-state index in [4.69, 9.17) is 10.5 Å². The highest BCUT2D eigenvalue weighted by atomic mass is 35.5. The quantitative estimate of drug-likeness (QED) is 0.690. The number of anilines is 1. The van der Waals surface area contributed by atoms with Gasteiger partial charge in [-0.1, -0.05) is 29.8 Å². The van der Waals surface area contributed by atoms with Gasteiger partial charge in [-0.25, -0.2) is 0 Å². The fourth-order valence-corrected chi connectivity index (χ4v) is 2.24. The van der Waals surface area contributed by atoms with Gasteiger partial charge in [0.25, 0.3) is 5.91 Å². The number of benzene rings is 2. The molecule has 0 saturated heterocycles. The number of aryl methyl sites for hydroxylation is 1. The molecule has 1 atom stereocenters. The first-order valence-electron chi connectivity index (χ1n) is 7.99. The van der Waals surface area contributed by atoms with Gasteiger partial charge in [-0.3, -0.25) is 9.59 Å². The Morgan fingerprint density at radius 2 is 1.85 bits per heavy atom. The van der Waals surface area contributed by atoms with Crippen molar-refractivity contribution in [3.05, 3.63) is 65.2 Å². The third kappa shape index (κ3) is 6.48. The van der Waals surface area contributed by atoms with Crippen LogP contribution in [0.3, 0.4) is 0 Å². The highest BCUT2D eigenvalue weighted by molar-refractivity contribution is 6.04. The van der Waals surface area contributed by atoms with Crippen molar-refractivity contribution in [2.75, 3.05) is 19.0 Å². The van der Waals surface area contributed by atoms with Crippen LogP contribution in [-0.2, 0) is 16.1 Å². The van der Waals surface area contributed by atoms with Gasteiger partial charge in [-0.15, -0.1) is 12.4 Å². The van der Waals surface area contributed by atoms with Gasteiger partial charge in [0.15, 0.2) is 0 Å². The maximum Gasteiger partial charge on any atom is 0.255 e. The van der Waals surface area contributed by atoms with Crippen LogP contribution in [0.4, 0.5) is 5.69 Å². The standard InChI is InChI=1S/C19H23N3O3.ClH/c1-13-6-8-15(9-7-13)18(23)22-16-5-3-4-14(10-16)11-21-19(24)17(20)12-25-2;/h3-10,17H,11-12,20H2,1-2H3,(H,21,24)(H,22,23);1H. The third-order valence-corrected chi connectivity index (χ3v) is 3.65. The Hall–Kier alpha value is -2.41. The van der Waals surface area contributed by atoms with E-state index in [9.17, 15) is 9.59 Å². The minimum Gasteiger partial charge on any atom is -0.383 e. The zero-order valence-corrected chi connectivity index (χ0v) is 15.6. The third-order valence-electron chi connectivity index (χ3n) is 3.65. The van der Waals surface area contributed by atoms with E-state index in [1.165, 1.54) is 7.11 Å². The molecule has 7 heteroatoms. The summed E-state index contributed by atoms with van der Waals surface area (Å²) in [6.45, 7) is 2.46. The Kier molecular flexibility index (Phi) is 8.78. The average Bonchev–Trinajstić information content (AvgIpc) is 2.60. The van der Waals surface area contributed by atoms with Gasteiger partial charge < -0.3 is 21.1 Å². The largest absolute Gasteiger partial charge is 0.383 e. The van der Waals surface area contributed by atoms with E-state index in [-0.39, 0.29) is 30.8 Å². The summed E-state index contributed by atoms with van der Waals surface area (Å²) in [6.07, 6.45) is 0. The molecule has 0 aliphatic heterocycles. The molecule has 2 aromatic carbocycles. The van der Waals surface area contributed by atoms with Crippen LogP contribution >= 0.6 is 12.4 Å². The Balaban J connectivity index is 0.00000338. The molecule has 0 radical (unpaired) electrons. The number of nitrogens with one attached hydrogen (secondary N) is 2. The fraction of sp³-hybridized carbons (Fsp3) is 0.263. The molecule has 0 spiro atoms. The van der Waals surface area contributed by atoms with Crippen LogP contribution in [0.15, 0.2) is 48.5 Å². The molecule has 2 rings (SSSR count). The first-order chi connectivity index (χ1) is 12.0. The van der Waals surface area contributed by atoms with E-state index in [0.717, 1.165) is 11.1 Å². The average molecular weight is 378 g/mol. The van der Waals surface area contributed by atoms with Crippen molar-refractivity contribution in [1.29, 1.82) is 0 Å². The normalized spacial score (nSPS) is 11.2. The lowest BCUT2D eigenvalue weighted by Gasteiger charge is -2.12. The molecule has 2 aromatic rings.